The number of benzene rings is 3. The van der Waals surface area contributed by atoms with Crippen LogP contribution in [0.15, 0.2) is 71.6 Å². The summed E-state index contributed by atoms with van der Waals surface area (Å²) < 4.78 is 54.3. The van der Waals surface area contributed by atoms with Crippen LogP contribution in [0.3, 0.4) is 0 Å². The Balaban J connectivity index is 1.71. The molecule has 0 fully saturated rings. The average Bonchev–Trinajstić information content (AvgIpc) is 2.94. The van der Waals surface area contributed by atoms with Crippen molar-refractivity contribution in [3.05, 3.63) is 72.5 Å². The molecular formula is C29H34FN3O6S. The lowest BCUT2D eigenvalue weighted by atomic mass is 10.0. The first kappa shape index (κ1) is 29.3. The van der Waals surface area contributed by atoms with Gasteiger partial charge in [-0.05, 0) is 48.9 Å². The zero-order valence-corrected chi connectivity index (χ0v) is 23.7. The summed E-state index contributed by atoms with van der Waals surface area (Å²) >= 11 is 0. The van der Waals surface area contributed by atoms with Crippen LogP contribution < -0.4 is 14.8 Å². The van der Waals surface area contributed by atoms with Gasteiger partial charge in [-0.3, -0.25) is 0 Å². The maximum Gasteiger partial charge on any atom is 0.321 e. The maximum absolute atomic E-state index is 13.8. The van der Waals surface area contributed by atoms with Gasteiger partial charge in [0.05, 0.1) is 20.3 Å². The second-order valence-electron chi connectivity index (χ2n) is 9.92. The second kappa shape index (κ2) is 12.2. The Bertz CT molecular complexity index is 1470. The largest absolute Gasteiger partial charge is 0.496 e. The summed E-state index contributed by atoms with van der Waals surface area (Å²) in [5, 5.41) is 12.5. The lowest BCUT2D eigenvalue weighted by molar-refractivity contribution is 0.0830. The Morgan fingerprint density at radius 1 is 1.20 bits per heavy atom. The minimum atomic E-state index is -4.03. The molecule has 1 heterocycles. The highest BCUT2D eigenvalue weighted by molar-refractivity contribution is 7.89. The van der Waals surface area contributed by atoms with Gasteiger partial charge < -0.3 is 24.8 Å². The van der Waals surface area contributed by atoms with Crippen molar-refractivity contribution in [1.29, 1.82) is 0 Å². The van der Waals surface area contributed by atoms with E-state index in [2.05, 4.69) is 5.32 Å². The Labute approximate surface area is 234 Å². The van der Waals surface area contributed by atoms with Crippen molar-refractivity contribution in [3.8, 4) is 22.6 Å². The Morgan fingerprint density at radius 3 is 2.65 bits per heavy atom. The molecule has 2 amide bonds. The number of hydrogen-bond donors (Lipinski definition) is 2. The predicted octanol–water partition coefficient (Wildman–Crippen LogP) is 4.43. The van der Waals surface area contributed by atoms with Gasteiger partial charge in [0.2, 0.25) is 10.0 Å². The van der Waals surface area contributed by atoms with Crippen molar-refractivity contribution < 1.29 is 32.2 Å². The van der Waals surface area contributed by atoms with Crippen LogP contribution in [0.25, 0.3) is 11.1 Å². The van der Waals surface area contributed by atoms with E-state index in [1.54, 1.807) is 39.3 Å². The number of nitrogens with zero attached hydrogens (tertiary/aromatic N) is 2. The van der Waals surface area contributed by atoms with E-state index in [-0.39, 0.29) is 36.3 Å². The highest BCUT2D eigenvalue weighted by atomic mass is 32.2. The summed E-state index contributed by atoms with van der Waals surface area (Å²) in [6.07, 6.45) is -0.612. The molecule has 3 aromatic rings. The molecule has 4 rings (SSSR count). The number of amides is 2. The van der Waals surface area contributed by atoms with E-state index >= 15 is 0 Å². The number of carbonyl (C=O) groups is 1. The number of aliphatic hydroxyl groups excluding tert-OH is 1. The average molecular weight is 572 g/mol. The molecule has 2 N–H and O–H groups in total. The molecule has 1 aliphatic rings. The summed E-state index contributed by atoms with van der Waals surface area (Å²) in [6, 6.07) is 16.6. The summed E-state index contributed by atoms with van der Waals surface area (Å²) in [7, 11) is -0.883. The first-order valence-corrected chi connectivity index (χ1v) is 14.3. The van der Waals surface area contributed by atoms with Crippen molar-refractivity contribution in [2.45, 2.75) is 30.9 Å². The van der Waals surface area contributed by atoms with Gasteiger partial charge in [0.15, 0.2) is 0 Å². The molecule has 214 valence electrons. The zero-order chi connectivity index (χ0) is 29.0. The van der Waals surface area contributed by atoms with Crippen LogP contribution in [-0.4, -0.2) is 74.8 Å². The van der Waals surface area contributed by atoms with Crippen LogP contribution in [0, 0.1) is 11.7 Å². The fraction of sp³-hybridized carbons (Fsp3) is 0.345. The number of urea groups is 1. The topological polar surface area (TPSA) is 108 Å². The monoisotopic (exact) mass is 571 g/mol. The molecular weight excluding hydrogens is 537 g/mol. The van der Waals surface area contributed by atoms with Crippen molar-refractivity contribution in [1.82, 2.24) is 9.21 Å². The third-order valence-corrected chi connectivity index (χ3v) is 8.98. The van der Waals surface area contributed by atoms with E-state index in [9.17, 15) is 22.7 Å². The molecule has 1 aliphatic heterocycles. The van der Waals surface area contributed by atoms with Crippen molar-refractivity contribution in [2.24, 2.45) is 5.92 Å². The molecule has 0 bridgehead atoms. The lowest BCUT2D eigenvalue weighted by Gasteiger charge is -2.37. The van der Waals surface area contributed by atoms with E-state index in [1.165, 1.54) is 33.5 Å². The molecule has 3 aromatic carbocycles. The fourth-order valence-corrected chi connectivity index (χ4v) is 6.46. The van der Waals surface area contributed by atoms with Crippen LogP contribution in [0.1, 0.15) is 13.8 Å². The third-order valence-electron chi connectivity index (χ3n) is 6.96. The number of ether oxygens (including phenoxy) is 2. The lowest BCUT2D eigenvalue weighted by Crippen LogP contribution is -2.50. The molecule has 11 heteroatoms. The predicted molar refractivity (Wildman–Crippen MR) is 150 cm³/mol. The van der Waals surface area contributed by atoms with E-state index in [4.69, 9.17) is 9.47 Å². The number of anilines is 1. The molecule has 0 saturated heterocycles. The molecule has 3 atom stereocenters. The van der Waals surface area contributed by atoms with Crippen LogP contribution in [0.5, 0.6) is 11.5 Å². The standard InChI is InChI=1S/C29H34FN3O6S/c1-19-16-33(20(2)18-34)40(36,37)28-13-12-21(24-10-5-6-11-25(24)38-4)14-26(28)39-27(19)17-32(3)29(35)31-23-9-7-8-22(30)15-23/h5-15,19-20,27,34H,16-18H2,1-4H3,(H,31,35)/t19-,20+,27-/m0/s1. The molecule has 0 aromatic heterocycles. The smallest absolute Gasteiger partial charge is 0.321 e. The highest BCUT2D eigenvalue weighted by Gasteiger charge is 2.38. The number of halogens is 1. The quantitative estimate of drug-likeness (QED) is 0.434. The van der Waals surface area contributed by atoms with E-state index in [0.717, 1.165) is 5.56 Å². The minimum absolute atomic E-state index is 0.0322. The number of nitrogens with one attached hydrogen (secondary N) is 1. The zero-order valence-electron chi connectivity index (χ0n) is 22.9. The number of methoxy groups -OCH3 is 1. The van der Waals surface area contributed by atoms with Gasteiger partial charge in [-0.1, -0.05) is 37.3 Å². The molecule has 9 nitrogen and oxygen atoms in total. The molecule has 0 saturated carbocycles. The van der Waals surface area contributed by atoms with Gasteiger partial charge in [0.1, 0.15) is 28.3 Å². The van der Waals surface area contributed by atoms with Gasteiger partial charge >= 0.3 is 6.03 Å². The van der Waals surface area contributed by atoms with Crippen molar-refractivity contribution in [3.63, 3.8) is 0 Å². The molecule has 0 aliphatic carbocycles. The van der Waals surface area contributed by atoms with Gasteiger partial charge in [0, 0.05) is 36.8 Å². The summed E-state index contributed by atoms with van der Waals surface area (Å²) in [4.78, 5) is 14.3. The molecule has 40 heavy (non-hydrogen) atoms. The molecule has 0 spiro atoms. The summed E-state index contributed by atoms with van der Waals surface area (Å²) in [6.45, 7) is 3.31. The Kier molecular flexibility index (Phi) is 8.97. The number of sulfonamides is 1. The number of carbonyl (C=O) groups excluding carboxylic acids is 1. The van der Waals surface area contributed by atoms with E-state index < -0.39 is 34.0 Å². The van der Waals surface area contributed by atoms with Gasteiger partial charge in [0.25, 0.3) is 0 Å². The Morgan fingerprint density at radius 2 is 1.95 bits per heavy atom. The normalized spacial score (nSPS) is 19.4. The first-order chi connectivity index (χ1) is 19.0. The SMILES string of the molecule is COc1ccccc1-c1ccc2c(c1)O[C@@H](CN(C)C(=O)Nc1cccc(F)c1)[C@@H](C)CN([C@H](C)CO)S2(=O)=O. The number of aliphatic hydroxyl groups is 1. The molecule has 0 radical (unpaired) electrons. The van der Waals surface area contributed by atoms with Crippen LogP contribution in [-0.2, 0) is 10.0 Å². The van der Waals surface area contributed by atoms with Crippen molar-refractivity contribution in [2.75, 3.05) is 39.2 Å². The third kappa shape index (κ3) is 6.22. The number of hydrogen-bond acceptors (Lipinski definition) is 6. The van der Waals surface area contributed by atoms with E-state index in [1.807, 2.05) is 31.2 Å². The Hall–Kier alpha value is -3.67. The second-order valence-corrected chi connectivity index (χ2v) is 11.8. The fourth-order valence-electron chi connectivity index (χ4n) is 4.63. The van der Waals surface area contributed by atoms with Gasteiger partial charge in [-0.15, -0.1) is 0 Å². The van der Waals surface area contributed by atoms with Gasteiger partial charge in [-0.2, -0.15) is 4.31 Å². The van der Waals surface area contributed by atoms with Crippen LogP contribution in [0.4, 0.5) is 14.9 Å². The number of para-hydroxylation sites is 1. The minimum Gasteiger partial charge on any atom is -0.496 e. The maximum atomic E-state index is 13.8. The van der Waals surface area contributed by atoms with Crippen LogP contribution in [0.2, 0.25) is 0 Å². The summed E-state index contributed by atoms with van der Waals surface area (Å²) in [5.74, 6) is -0.0881. The number of likely N-dealkylation sites (N-methyl/N-ethyl adjacent to an activating group) is 1. The van der Waals surface area contributed by atoms with E-state index in [0.29, 0.717) is 17.0 Å². The van der Waals surface area contributed by atoms with Crippen molar-refractivity contribution >= 4 is 21.7 Å². The summed E-state index contributed by atoms with van der Waals surface area (Å²) in [5.41, 5.74) is 1.76. The highest BCUT2D eigenvalue weighted by Crippen LogP contribution is 2.38. The van der Waals surface area contributed by atoms with Crippen LogP contribution >= 0.6 is 0 Å². The molecule has 0 unspecified atom stereocenters. The van der Waals surface area contributed by atoms with Gasteiger partial charge in [-0.25, -0.2) is 17.6 Å². The number of rotatable bonds is 7. The first-order valence-electron chi connectivity index (χ1n) is 12.9. The number of fused-ring (bicyclic) bond motifs is 1.